The van der Waals surface area contributed by atoms with Gasteiger partial charge in [0.05, 0.1) is 0 Å². The van der Waals surface area contributed by atoms with Crippen LogP contribution in [0.3, 0.4) is 0 Å². The summed E-state index contributed by atoms with van der Waals surface area (Å²) in [6.07, 6.45) is 0. The Kier molecular flexibility index (Phi) is 1.56. The van der Waals surface area contributed by atoms with Crippen LogP contribution in [0, 0.1) is 6.92 Å². The fraction of sp³-hybridized carbons (Fsp3) is 0.111. The molecule has 0 nitrogen and oxygen atoms in total. The second-order valence-corrected chi connectivity index (χ2v) is 5.17. The van der Waals surface area contributed by atoms with Gasteiger partial charge in [0.15, 0.2) is 0 Å². The number of rotatable bonds is 0. The van der Waals surface area contributed by atoms with Crippen LogP contribution < -0.4 is 0 Å². The Balaban J connectivity index is 2.86. The van der Waals surface area contributed by atoms with Crippen LogP contribution in [0.5, 0.6) is 0 Å². The molecule has 2 aromatic rings. The van der Waals surface area contributed by atoms with E-state index in [1.165, 1.54) is 10.9 Å². The van der Waals surface area contributed by atoms with Crippen LogP contribution in [-0.2, 0) is 0 Å². The number of hydrogen-bond acceptors (Lipinski definition) is 0. The normalized spacial score (nSPS) is 10.5. The van der Waals surface area contributed by atoms with Crippen molar-refractivity contribution in [3.63, 3.8) is 0 Å². The van der Waals surface area contributed by atoms with Gasteiger partial charge in [-0.1, -0.05) is 0 Å². The standard InChI is InChI=1S/C9H8Te/c1-7-2-3-9-8(6-7)4-5-10-9/h2-6H,1H3. The molecule has 0 radical (unpaired) electrons. The van der Waals surface area contributed by atoms with Gasteiger partial charge in [0.25, 0.3) is 0 Å². The Morgan fingerprint density at radius 1 is 1.20 bits per heavy atom. The molecule has 1 aromatic carbocycles. The van der Waals surface area contributed by atoms with Crippen molar-refractivity contribution in [2.24, 2.45) is 0 Å². The van der Waals surface area contributed by atoms with Crippen LogP contribution in [0.25, 0.3) is 8.79 Å². The van der Waals surface area contributed by atoms with E-state index < -0.39 is 0 Å². The van der Waals surface area contributed by atoms with E-state index in [0.717, 1.165) is 0 Å². The van der Waals surface area contributed by atoms with Gasteiger partial charge in [-0.25, -0.2) is 0 Å². The zero-order chi connectivity index (χ0) is 6.97. The molecule has 0 bridgehead atoms. The molecule has 0 amide bonds. The predicted molar refractivity (Wildman–Crippen MR) is 45.6 cm³/mol. The van der Waals surface area contributed by atoms with Gasteiger partial charge in [-0.3, -0.25) is 0 Å². The Morgan fingerprint density at radius 2 is 2.10 bits per heavy atom. The van der Waals surface area contributed by atoms with Gasteiger partial charge in [-0.15, -0.1) is 0 Å². The molecule has 10 heavy (non-hydrogen) atoms. The molecule has 0 saturated heterocycles. The predicted octanol–water partition coefficient (Wildman–Crippen LogP) is 2.21. The quantitative estimate of drug-likeness (QED) is 0.623. The van der Waals surface area contributed by atoms with Crippen molar-refractivity contribution in [2.45, 2.75) is 6.92 Å². The van der Waals surface area contributed by atoms with Gasteiger partial charge in [-0.05, 0) is 0 Å². The van der Waals surface area contributed by atoms with Gasteiger partial charge >= 0.3 is 70.1 Å². The van der Waals surface area contributed by atoms with Gasteiger partial charge in [-0.2, -0.15) is 0 Å². The molecule has 50 valence electrons. The Bertz CT molecular complexity index is 346. The van der Waals surface area contributed by atoms with Gasteiger partial charge in [0.1, 0.15) is 0 Å². The zero-order valence-corrected chi connectivity index (χ0v) is 8.13. The Morgan fingerprint density at radius 3 is 3.00 bits per heavy atom. The Hall–Kier alpha value is -0.250. The summed E-state index contributed by atoms with van der Waals surface area (Å²) in [5.74, 6) is 0. The molecule has 1 aromatic heterocycles. The van der Waals surface area contributed by atoms with E-state index >= 15 is 0 Å². The molecule has 2 rings (SSSR count). The van der Waals surface area contributed by atoms with Crippen molar-refractivity contribution >= 4 is 29.2 Å². The summed E-state index contributed by atoms with van der Waals surface area (Å²) in [6.45, 7) is 2.15. The first-order valence-electron chi connectivity index (χ1n) is 3.30. The van der Waals surface area contributed by atoms with Crippen molar-refractivity contribution in [2.75, 3.05) is 0 Å². The molecule has 0 atom stereocenters. The molecule has 0 fully saturated rings. The summed E-state index contributed by atoms with van der Waals surface area (Å²) in [5.41, 5.74) is 1.37. The molecule has 0 aliphatic heterocycles. The average Bonchev–Trinajstić information content (AvgIpc) is 2.33. The van der Waals surface area contributed by atoms with Gasteiger partial charge < -0.3 is 0 Å². The second kappa shape index (κ2) is 2.42. The third kappa shape index (κ3) is 1.00. The van der Waals surface area contributed by atoms with Crippen molar-refractivity contribution < 1.29 is 0 Å². The first kappa shape index (κ1) is 6.46. The molecule has 0 spiro atoms. The Labute approximate surface area is 70.1 Å². The summed E-state index contributed by atoms with van der Waals surface area (Å²) in [5, 5.41) is 1.46. The monoisotopic (exact) mass is 246 g/mol. The topological polar surface area (TPSA) is 0 Å². The van der Waals surface area contributed by atoms with Crippen molar-refractivity contribution in [3.8, 4) is 0 Å². The van der Waals surface area contributed by atoms with E-state index in [1.807, 2.05) is 0 Å². The fourth-order valence-electron chi connectivity index (χ4n) is 1.09. The third-order valence-corrected chi connectivity index (χ3v) is 4.17. The van der Waals surface area contributed by atoms with Crippen molar-refractivity contribution in [3.05, 3.63) is 33.9 Å². The van der Waals surface area contributed by atoms with E-state index in [1.54, 1.807) is 3.40 Å². The van der Waals surface area contributed by atoms with E-state index in [0.29, 0.717) is 0 Å². The van der Waals surface area contributed by atoms with Crippen molar-refractivity contribution in [1.29, 1.82) is 0 Å². The summed E-state index contributed by atoms with van der Waals surface area (Å²) in [4.78, 5) is 0. The molecule has 0 aliphatic carbocycles. The van der Waals surface area contributed by atoms with Gasteiger partial charge in [0, 0.05) is 0 Å². The maximum absolute atomic E-state index is 2.34. The van der Waals surface area contributed by atoms with Crippen LogP contribution in [0.15, 0.2) is 28.3 Å². The van der Waals surface area contributed by atoms with E-state index in [2.05, 4.69) is 35.3 Å². The van der Waals surface area contributed by atoms with Crippen LogP contribution in [0.4, 0.5) is 0 Å². The molecular weight excluding hydrogens is 236 g/mol. The van der Waals surface area contributed by atoms with E-state index in [9.17, 15) is 0 Å². The third-order valence-electron chi connectivity index (χ3n) is 1.61. The van der Waals surface area contributed by atoms with Crippen LogP contribution in [0.1, 0.15) is 5.56 Å². The van der Waals surface area contributed by atoms with Crippen LogP contribution in [0.2, 0.25) is 0 Å². The first-order chi connectivity index (χ1) is 4.86. The van der Waals surface area contributed by atoms with E-state index in [4.69, 9.17) is 0 Å². The van der Waals surface area contributed by atoms with Gasteiger partial charge in [0.2, 0.25) is 0 Å². The van der Waals surface area contributed by atoms with Crippen LogP contribution in [-0.4, -0.2) is 20.4 Å². The fourth-order valence-corrected chi connectivity index (χ4v) is 3.29. The molecule has 0 saturated carbocycles. The van der Waals surface area contributed by atoms with E-state index in [-0.39, 0.29) is 20.4 Å². The minimum absolute atomic E-state index is 0.0671. The summed E-state index contributed by atoms with van der Waals surface area (Å²) >= 11 is 0.0671. The second-order valence-electron chi connectivity index (χ2n) is 2.46. The molecule has 0 aliphatic rings. The maximum atomic E-state index is 2.34. The summed E-state index contributed by atoms with van der Waals surface area (Å²) < 4.78 is 3.94. The summed E-state index contributed by atoms with van der Waals surface area (Å²) in [7, 11) is 0. The number of hydrogen-bond donors (Lipinski definition) is 0. The molecule has 0 unspecified atom stereocenters. The number of fused-ring (bicyclic) bond motifs is 1. The zero-order valence-electron chi connectivity index (χ0n) is 5.79. The SMILES string of the molecule is Cc1ccc2[te]ccc2c1. The van der Waals surface area contributed by atoms with Crippen molar-refractivity contribution in [1.82, 2.24) is 0 Å². The first-order valence-corrected chi connectivity index (χ1v) is 5.81. The number of benzene rings is 1. The van der Waals surface area contributed by atoms with Crippen LogP contribution >= 0.6 is 0 Å². The molecule has 1 heteroatoms. The summed E-state index contributed by atoms with van der Waals surface area (Å²) in [6, 6.07) is 9.00. The number of aryl methyl sites for hydroxylation is 1. The molecular formula is C9H8Te. The minimum atomic E-state index is 0.0671. The average molecular weight is 244 g/mol. The molecule has 1 heterocycles. The molecule has 0 N–H and O–H groups in total.